The quantitative estimate of drug-likeness (QED) is 0.569. The highest BCUT2D eigenvalue weighted by molar-refractivity contribution is 7.14. The first-order chi connectivity index (χ1) is 4.34. The van der Waals surface area contributed by atoms with Crippen molar-refractivity contribution in [2.75, 3.05) is 11.9 Å². The van der Waals surface area contributed by atoms with E-state index in [0.29, 0.717) is 0 Å². The molecule has 2 nitrogen and oxygen atoms in total. The van der Waals surface area contributed by atoms with Crippen LogP contribution in [0.1, 0.15) is 0 Å². The van der Waals surface area contributed by atoms with Crippen molar-refractivity contribution in [3.05, 3.63) is 17.5 Å². The molecule has 0 fully saturated rings. The molecular weight excluding hydrogens is 134 g/mol. The molecule has 1 rings (SSSR count). The van der Waals surface area contributed by atoms with Gasteiger partial charge in [0, 0.05) is 7.05 Å². The molecule has 0 N–H and O–H groups in total. The highest BCUT2D eigenvalue weighted by Gasteiger charge is 1.95. The van der Waals surface area contributed by atoms with E-state index in [1.807, 2.05) is 17.5 Å². The normalized spacial score (nSPS) is 9.00. The number of carbonyl (C=O) groups excluding carboxylic acids is 1. The number of amides is 1. The zero-order chi connectivity index (χ0) is 6.69. The number of hydrogen-bond acceptors (Lipinski definition) is 2. The third-order valence-electron chi connectivity index (χ3n) is 1.01. The molecule has 1 aromatic rings. The maximum Gasteiger partial charge on any atom is 0.214 e. The van der Waals surface area contributed by atoms with Gasteiger partial charge in [0.25, 0.3) is 0 Å². The van der Waals surface area contributed by atoms with Gasteiger partial charge in [-0.05, 0) is 17.5 Å². The van der Waals surface area contributed by atoms with Gasteiger partial charge in [-0.2, -0.15) is 0 Å². The second-order valence-corrected chi connectivity index (χ2v) is 2.59. The number of anilines is 1. The van der Waals surface area contributed by atoms with Crippen LogP contribution in [-0.2, 0) is 4.79 Å². The van der Waals surface area contributed by atoms with Crippen LogP contribution >= 0.6 is 11.3 Å². The lowest BCUT2D eigenvalue weighted by Crippen LogP contribution is -2.11. The van der Waals surface area contributed by atoms with Crippen LogP contribution in [0.3, 0.4) is 0 Å². The standard InChI is InChI=1S/C6H7NOS/c1-7(5-8)6-3-2-4-9-6/h2-5H,1H3. The van der Waals surface area contributed by atoms with Crippen LogP contribution in [0.15, 0.2) is 17.5 Å². The van der Waals surface area contributed by atoms with Crippen molar-refractivity contribution in [3.63, 3.8) is 0 Å². The van der Waals surface area contributed by atoms with E-state index in [9.17, 15) is 4.79 Å². The van der Waals surface area contributed by atoms with Gasteiger partial charge in [-0.15, -0.1) is 11.3 Å². The molecule has 48 valence electrons. The van der Waals surface area contributed by atoms with Gasteiger partial charge in [0.2, 0.25) is 6.41 Å². The topological polar surface area (TPSA) is 20.3 Å². The molecule has 0 saturated carbocycles. The minimum atomic E-state index is 0.797. The van der Waals surface area contributed by atoms with Gasteiger partial charge in [0.15, 0.2) is 0 Å². The van der Waals surface area contributed by atoms with Gasteiger partial charge < -0.3 is 4.90 Å². The molecule has 3 heteroatoms. The van der Waals surface area contributed by atoms with Crippen molar-refractivity contribution < 1.29 is 4.79 Å². The molecule has 9 heavy (non-hydrogen) atoms. The zero-order valence-corrected chi connectivity index (χ0v) is 5.89. The summed E-state index contributed by atoms with van der Waals surface area (Å²) in [4.78, 5) is 11.7. The second kappa shape index (κ2) is 2.64. The van der Waals surface area contributed by atoms with Crippen LogP contribution in [0.5, 0.6) is 0 Å². The van der Waals surface area contributed by atoms with E-state index in [-0.39, 0.29) is 0 Å². The van der Waals surface area contributed by atoms with Crippen LogP contribution < -0.4 is 4.90 Å². The fraction of sp³-hybridized carbons (Fsp3) is 0.167. The Kier molecular flexibility index (Phi) is 1.85. The van der Waals surface area contributed by atoms with Crippen molar-refractivity contribution in [1.82, 2.24) is 0 Å². The minimum absolute atomic E-state index is 0.797. The lowest BCUT2D eigenvalue weighted by Gasteiger charge is -2.04. The highest BCUT2D eigenvalue weighted by Crippen LogP contribution is 2.17. The summed E-state index contributed by atoms with van der Waals surface area (Å²) in [5.41, 5.74) is 0. The van der Waals surface area contributed by atoms with Crippen LogP contribution in [0.2, 0.25) is 0 Å². The number of carbonyl (C=O) groups is 1. The summed E-state index contributed by atoms with van der Waals surface area (Å²) in [6, 6.07) is 3.82. The Hall–Kier alpha value is -0.830. The molecule has 0 aromatic carbocycles. The van der Waals surface area contributed by atoms with E-state index >= 15 is 0 Å². The molecule has 0 spiro atoms. The summed E-state index contributed by atoms with van der Waals surface area (Å²) in [6.45, 7) is 0. The van der Waals surface area contributed by atoms with Crippen molar-refractivity contribution in [2.45, 2.75) is 0 Å². The van der Waals surface area contributed by atoms with Crippen LogP contribution in [0, 0.1) is 0 Å². The molecule has 0 radical (unpaired) electrons. The van der Waals surface area contributed by atoms with Crippen LogP contribution in [0.25, 0.3) is 0 Å². The SMILES string of the molecule is CN(C=O)c1cccs1. The largest absolute Gasteiger partial charge is 0.310 e. The number of hydrogen-bond donors (Lipinski definition) is 0. The van der Waals surface area contributed by atoms with Crippen LogP contribution in [0.4, 0.5) is 5.00 Å². The first kappa shape index (κ1) is 6.29. The summed E-state index contributed by atoms with van der Waals surface area (Å²) >= 11 is 1.55. The van der Waals surface area contributed by atoms with E-state index in [0.717, 1.165) is 11.4 Å². The third kappa shape index (κ3) is 1.29. The first-order valence-corrected chi connectivity index (χ1v) is 3.44. The van der Waals surface area contributed by atoms with Crippen molar-refractivity contribution >= 4 is 22.7 Å². The molecular formula is C6H7NOS. The van der Waals surface area contributed by atoms with Crippen molar-refractivity contribution in [3.8, 4) is 0 Å². The smallest absolute Gasteiger partial charge is 0.214 e. The summed E-state index contributed by atoms with van der Waals surface area (Å²) < 4.78 is 0. The molecule has 0 aliphatic rings. The predicted molar refractivity (Wildman–Crippen MR) is 38.8 cm³/mol. The van der Waals surface area contributed by atoms with Gasteiger partial charge in [-0.25, -0.2) is 0 Å². The molecule has 0 unspecified atom stereocenters. The van der Waals surface area contributed by atoms with E-state index in [4.69, 9.17) is 0 Å². The maximum absolute atomic E-state index is 10.1. The lowest BCUT2D eigenvalue weighted by molar-refractivity contribution is -0.107. The van der Waals surface area contributed by atoms with E-state index in [1.54, 1.807) is 23.3 Å². The Morgan fingerprint density at radius 1 is 1.78 bits per heavy atom. The van der Waals surface area contributed by atoms with Gasteiger partial charge in [-0.1, -0.05) is 0 Å². The molecule has 1 aromatic heterocycles. The van der Waals surface area contributed by atoms with E-state index in [2.05, 4.69) is 0 Å². The van der Waals surface area contributed by atoms with Gasteiger partial charge in [0.1, 0.15) is 0 Å². The minimum Gasteiger partial charge on any atom is -0.310 e. The average molecular weight is 141 g/mol. The molecule has 0 aliphatic carbocycles. The van der Waals surface area contributed by atoms with Gasteiger partial charge in [0.05, 0.1) is 5.00 Å². The molecule has 0 saturated heterocycles. The fourth-order valence-corrected chi connectivity index (χ4v) is 1.19. The molecule has 1 heterocycles. The number of nitrogens with zero attached hydrogens (tertiary/aromatic N) is 1. The summed E-state index contributed by atoms with van der Waals surface area (Å²) in [7, 11) is 1.73. The summed E-state index contributed by atoms with van der Waals surface area (Å²) in [5.74, 6) is 0. The monoisotopic (exact) mass is 141 g/mol. The zero-order valence-electron chi connectivity index (χ0n) is 5.07. The molecule has 0 bridgehead atoms. The number of rotatable bonds is 2. The van der Waals surface area contributed by atoms with E-state index < -0.39 is 0 Å². The van der Waals surface area contributed by atoms with Crippen molar-refractivity contribution in [1.29, 1.82) is 0 Å². The van der Waals surface area contributed by atoms with Gasteiger partial charge >= 0.3 is 0 Å². The lowest BCUT2D eigenvalue weighted by atomic mass is 10.6. The Labute approximate surface area is 57.7 Å². The Morgan fingerprint density at radius 2 is 2.56 bits per heavy atom. The maximum atomic E-state index is 10.1. The Morgan fingerprint density at radius 3 is 3.00 bits per heavy atom. The second-order valence-electron chi connectivity index (χ2n) is 1.67. The first-order valence-electron chi connectivity index (χ1n) is 2.56. The number of thiophene rings is 1. The summed E-state index contributed by atoms with van der Waals surface area (Å²) in [6.07, 6.45) is 0.797. The average Bonchev–Trinajstić information content (AvgIpc) is 2.37. The summed E-state index contributed by atoms with van der Waals surface area (Å²) in [5, 5.41) is 2.92. The third-order valence-corrected chi connectivity index (χ3v) is 1.97. The Bertz CT molecular complexity index is 183. The van der Waals surface area contributed by atoms with E-state index in [1.165, 1.54) is 0 Å². The van der Waals surface area contributed by atoms with Gasteiger partial charge in [-0.3, -0.25) is 4.79 Å². The predicted octanol–water partition coefficient (Wildman–Crippen LogP) is 1.34. The van der Waals surface area contributed by atoms with Crippen molar-refractivity contribution in [2.24, 2.45) is 0 Å². The fourth-order valence-electron chi connectivity index (χ4n) is 0.523. The Balaban J connectivity index is 2.76. The molecule has 0 atom stereocenters. The van der Waals surface area contributed by atoms with Crippen LogP contribution in [-0.4, -0.2) is 13.5 Å². The molecule has 1 amide bonds. The molecule has 0 aliphatic heterocycles. The highest BCUT2D eigenvalue weighted by atomic mass is 32.1.